The van der Waals surface area contributed by atoms with Crippen molar-refractivity contribution >= 4 is 104 Å². The molecule has 28 heteroatoms. The van der Waals surface area contributed by atoms with E-state index >= 15 is 0 Å². The second-order valence-electron chi connectivity index (χ2n) is 22.7. The first kappa shape index (κ1) is 66.9. The maximum atomic E-state index is 14.1. The van der Waals surface area contributed by atoms with Gasteiger partial charge >= 0.3 is 53.7 Å². The number of aliphatic carboxylic acids is 3. The van der Waals surface area contributed by atoms with E-state index in [-0.39, 0.29) is 50.5 Å². The minimum absolute atomic E-state index is 0.0680. The van der Waals surface area contributed by atoms with Crippen LogP contribution in [-0.4, -0.2) is 156 Å². The summed E-state index contributed by atoms with van der Waals surface area (Å²) in [5.74, 6) is -16.1. The number of carbonyl (C=O) groups excluding carboxylic acids is 3. The number of fused-ring (bicyclic) bond motifs is 3. The zero-order valence-corrected chi connectivity index (χ0v) is 49.7. The highest BCUT2D eigenvalue weighted by atomic mass is 16.4. The van der Waals surface area contributed by atoms with Gasteiger partial charge in [-0.15, -0.1) is 0 Å². The number of para-hydroxylation sites is 3. The number of H-pyrrole nitrogens is 3. The van der Waals surface area contributed by atoms with Crippen LogP contribution < -0.4 is 21.7 Å². The number of aromatic amines is 3. The summed E-state index contributed by atoms with van der Waals surface area (Å²) < 4.78 is 0. The van der Waals surface area contributed by atoms with E-state index in [2.05, 4.69) is 30.9 Å². The summed E-state index contributed by atoms with van der Waals surface area (Å²) >= 11 is 0. The van der Waals surface area contributed by atoms with Crippen LogP contribution in [0.25, 0.3) is 66.5 Å². The lowest BCUT2D eigenvalue weighted by Gasteiger charge is -2.30. The number of rotatable bonds is 30. The monoisotopic (exact) mass is 1300 g/mol. The molecule has 488 valence electrons. The maximum Gasteiger partial charge on any atom is 0.335 e. The predicted octanol–water partition coefficient (Wildman–Crippen LogP) is 7.09. The minimum atomic E-state index is -1.76. The molecule has 6 aromatic carbocycles. The average Bonchev–Trinajstić information content (AvgIpc) is 1.66. The van der Waals surface area contributed by atoms with Crippen molar-refractivity contribution in [2.24, 2.45) is 5.73 Å². The van der Waals surface area contributed by atoms with Crippen LogP contribution in [0, 0.1) is 0 Å². The Bertz CT molecular complexity index is 4100. The summed E-state index contributed by atoms with van der Waals surface area (Å²) in [6.45, 7) is 0. The maximum absolute atomic E-state index is 14.1. The van der Waals surface area contributed by atoms with Gasteiger partial charge in [0.1, 0.15) is 18.1 Å². The molecule has 3 amide bonds. The number of hydrogen-bond donors (Lipinski definition) is 16. The normalized spacial score (nSPS) is 12.9. The van der Waals surface area contributed by atoms with Crippen molar-refractivity contribution in [3.8, 4) is 33.8 Å². The molecule has 3 atom stereocenters. The largest absolute Gasteiger partial charge is 0.480 e. The van der Waals surface area contributed by atoms with Crippen LogP contribution in [0.2, 0.25) is 0 Å². The first-order valence-electron chi connectivity index (χ1n) is 29.1. The molecule has 0 aliphatic heterocycles. The molecule has 9 rings (SSSR count). The standard InChI is InChI=1S/C67H59N7O21/c68-67(16-13-52(75)69-49(64(90)91)28-43-40-7-1-4-10-46(40)72-55(43)31-19-34(58(78)79)25-35(20-31)59(80)81,17-14-53(76)70-50(65(92)93)29-44-41-8-2-5-11-47(41)73-56(44)32-21-36(60(82)83)26-37(22-32)61(84)85)18-15-54(77)71-51(66(94)95)30-45-42-9-3-6-12-48(42)74-57(45)33-23-38(62(86)87)27-39(24-33)63(88)89/h1-12,19-27,49-51,72-74H,13-18,28-30,68H2,(H,69,75)(H,70,76)(H,71,77)(H,78,79)(H,80,81)(H,82,83)(H,84,85)(H,86,87)(H,88,89)(H,90,91)(H,92,93)(H,94,95). The molecule has 9 aromatic rings. The van der Waals surface area contributed by atoms with E-state index in [1.807, 2.05) is 0 Å². The molecule has 0 aliphatic rings. The Labute approximate surface area is 535 Å². The smallest absolute Gasteiger partial charge is 0.335 e. The average molecular weight is 1300 g/mol. The van der Waals surface area contributed by atoms with Crippen molar-refractivity contribution in [1.29, 1.82) is 0 Å². The van der Waals surface area contributed by atoms with Crippen LogP contribution >= 0.6 is 0 Å². The van der Waals surface area contributed by atoms with Gasteiger partial charge in [-0.05, 0) is 125 Å². The van der Waals surface area contributed by atoms with Crippen molar-refractivity contribution < 1.29 is 103 Å². The highest BCUT2D eigenvalue weighted by molar-refractivity contribution is 6.02. The second-order valence-corrected chi connectivity index (χ2v) is 22.7. The van der Waals surface area contributed by atoms with Crippen LogP contribution in [0.4, 0.5) is 0 Å². The van der Waals surface area contributed by atoms with Gasteiger partial charge in [-0.25, -0.2) is 43.2 Å². The molecular weight excluding hydrogens is 1240 g/mol. The van der Waals surface area contributed by atoms with Gasteiger partial charge in [0.25, 0.3) is 0 Å². The van der Waals surface area contributed by atoms with E-state index in [9.17, 15) is 103 Å². The topological polar surface area (TPSA) is 496 Å². The number of aromatic carboxylic acids is 6. The first-order chi connectivity index (χ1) is 45.1. The van der Waals surface area contributed by atoms with Crippen LogP contribution in [0.5, 0.6) is 0 Å². The van der Waals surface area contributed by atoms with Gasteiger partial charge in [0.15, 0.2) is 0 Å². The fourth-order valence-corrected chi connectivity index (χ4v) is 11.5. The Balaban J connectivity index is 0.979. The lowest BCUT2D eigenvalue weighted by Crippen LogP contribution is -2.47. The van der Waals surface area contributed by atoms with Crippen LogP contribution in [0.15, 0.2) is 127 Å². The summed E-state index contributed by atoms with van der Waals surface area (Å²) in [6, 6.07) is 24.5. The van der Waals surface area contributed by atoms with E-state index in [4.69, 9.17) is 5.73 Å². The molecular formula is C67H59N7O21. The summed E-state index contributed by atoms with van der Waals surface area (Å²) in [4.78, 5) is 163. The molecule has 17 N–H and O–H groups in total. The van der Waals surface area contributed by atoms with Gasteiger partial charge in [-0.3, -0.25) is 14.4 Å². The number of carboxylic acids is 9. The van der Waals surface area contributed by atoms with E-state index in [1.54, 1.807) is 72.8 Å². The van der Waals surface area contributed by atoms with Crippen LogP contribution in [0.3, 0.4) is 0 Å². The van der Waals surface area contributed by atoms with Crippen molar-refractivity contribution in [3.05, 3.63) is 177 Å². The summed E-state index contributed by atoms with van der Waals surface area (Å²) in [5.41, 5.74) is 5.65. The highest BCUT2D eigenvalue weighted by Gasteiger charge is 2.34. The van der Waals surface area contributed by atoms with E-state index in [1.165, 1.54) is 36.4 Å². The molecule has 3 heterocycles. The third-order valence-electron chi connectivity index (χ3n) is 16.3. The number of carbonyl (C=O) groups is 12. The Morgan fingerprint density at radius 2 is 0.568 bits per heavy atom. The number of nitrogens with two attached hydrogens (primary N) is 1. The number of benzene rings is 6. The van der Waals surface area contributed by atoms with Crippen molar-refractivity contribution in [3.63, 3.8) is 0 Å². The second kappa shape index (κ2) is 28.0. The molecule has 3 unspecified atom stereocenters. The Hall–Kier alpha value is -12.5. The van der Waals surface area contributed by atoms with Gasteiger partial charge in [-0.2, -0.15) is 0 Å². The lowest BCUT2D eigenvalue weighted by atomic mass is 9.84. The van der Waals surface area contributed by atoms with Crippen LogP contribution in [0.1, 0.15) is 117 Å². The van der Waals surface area contributed by atoms with Crippen molar-refractivity contribution in [2.45, 2.75) is 81.5 Å². The van der Waals surface area contributed by atoms with E-state index in [0.717, 1.165) is 18.2 Å². The Morgan fingerprint density at radius 3 is 0.779 bits per heavy atom. The van der Waals surface area contributed by atoms with Gasteiger partial charge in [-0.1, -0.05) is 54.6 Å². The fourth-order valence-electron chi connectivity index (χ4n) is 11.5. The lowest BCUT2D eigenvalue weighted by molar-refractivity contribution is -0.142. The molecule has 0 radical (unpaired) electrons. The van der Waals surface area contributed by atoms with Gasteiger partial charge in [0.2, 0.25) is 17.7 Å². The molecule has 95 heavy (non-hydrogen) atoms. The van der Waals surface area contributed by atoms with Crippen molar-refractivity contribution in [1.82, 2.24) is 30.9 Å². The quantitative estimate of drug-likeness (QED) is 0.0213. The SMILES string of the molecule is NC(CCC(=O)NC(Cc1c(-c2cc(C(=O)O)cc(C(=O)O)c2)[nH]c2ccccc12)C(=O)O)(CCC(=O)NC(Cc1c(-c2cc(C(=O)O)cc(C(=O)O)c2)[nH]c2ccccc12)C(=O)O)CCC(=O)NC(Cc1c(-c2cc(C(=O)O)cc(C(=O)O)c2)[nH]c2ccccc12)C(=O)O. The highest BCUT2D eigenvalue weighted by Crippen LogP contribution is 2.37. The Kier molecular flexibility index (Phi) is 19.7. The van der Waals surface area contributed by atoms with Gasteiger partial charge < -0.3 is 82.6 Å². The number of nitrogens with one attached hydrogen (secondary N) is 6. The number of hydrogen-bond acceptors (Lipinski definition) is 13. The molecule has 0 fully saturated rings. The van der Waals surface area contributed by atoms with E-state index < -0.39 is 186 Å². The zero-order chi connectivity index (χ0) is 68.7. The zero-order valence-electron chi connectivity index (χ0n) is 49.7. The number of carboxylic acid groups (broad SMARTS) is 9. The molecule has 0 bridgehead atoms. The molecule has 0 saturated carbocycles. The summed E-state index contributed by atoms with van der Waals surface area (Å²) in [7, 11) is 0. The summed E-state index contributed by atoms with van der Waals surface area (Å²) in [6.07, 6.45) is -4.37. The van der Waals surface area contributed by atoms with E-state index in [0.29, 0.717) is 32.7 Å². The van der Waals surface area contributed by atoms with Crippen molar-refractivity contribution in [2.75, 3.05) is 0 Å². The summed E-state index contributed by atoms with van der Waals surface area (Å²) in [5, 5.41) is 99.6. The van der Waals surface area contributed by atoms with Gasteiger partial charge in [0, 0.05) is 93.9 Å². The predicted molar refractivity (Wildman–Crippen MR) is 337 cm³/mol. The third-order valence-corrected chi connectivity index (χ3v) is 16.3. The third kappa shape index (κ3) is 15.5. The minimum Gasteiger partial charge on any atom is -0.480 e. The molecule has 0 saturated heterocycles. The molecule has 0 spiro atoms. The molecule has 0 aliphatic carbocycles. The Morgan fingerprint density at radius 1 is 0.347 bits per heavy atom. The fraction of sp³-hybridized carbons (Fsp3) is 0.194. The first-order valence-corrected chi connectivity index (χ1v) is 29.1. The number of aromatic nitrogens is 3. The molecule has 28 nitrogen and oxygen atoms in total. The molecule has 3 aromatic heterocycles. The van der Waals surface area contributed by atoms with Crippen LogP contribution in [-0.2, 0) is 48.0 Å². The number of amides is 3. The van der Waals surface area contributed by atoms with Gasteiger partial charge in [0.05, 0.1) is 33.4 Å².